The van der Waals surface area contributed by atoms with E-state index in [1.807, 2.05) is 19.9 Å². The number of carbonyl (C=O) groups is 5. The number of hydrogen-bond donors (Lipinski definition) is 3. The SMILES string of the molecule is CO[C@@H]1CC(C[C@@H](C)[C@@H]2CC(=O)[C@H](C)/C=C(\C)[C@@H](O)[C@@H](OC)C(=O)[C@H](C)C[C@H](C)/C=C/C=C/C=C(\C)C(OCCOCC(F)(F)F)C[C@@H]3CC[C@@H](C)[C@@](O)(O3)C(=O)C(=O)N3CCCC[C@H]3C(=O)O2)CC[C@H]1O. The van der Waals surface area contributed by atoms with Gasteiger partial charge in [-0.3, -0.25) is 19.2 Å². The van der Waals surface area contributed by atoms with Gasteiger partial charge in [0.05, 0.1) is 37.6 Å². The number of halogens is 3. The summed E-state index contributed by atoms with van der Waals surface area (Å²) in [5, 5.41) is 34.0. The molecular weight excluding hydrogens is 944 g/mol. The van der Waals surface area contributed by atoms with E-state index in [0.29, 0.717) is 62.5 Å². The van der Waals surface area contributed by atoms with Crippen LogP contribution in [0, 0.1) is 35.5 Å². The van der Waals surface area contributed by atoms with Crippen LogP contribution in [-0.2, 0) is 52.4 Å². The molecule has 3 fully saturated rings. The number of amides is 1. The Kier molecular flexibility index (Phi) is 24.0. The standard InChI is InChI=1S/C54H82F3NO14/c1-32-15-11-10-12-16-33(2)44(70-24-23-69-31-53(55,56)57)29-40-20-18-38(7)54(66,72-40)50(63)51(64)58-22-14-13-17-41(58)52(65)71-45(35(4)27-39-19-21-42(59)46(28-39)67-8)30-43(60)34(3)26-37(6)48(62)49(68-9)47(61)36(5)25-32/h10-12,15-16,26,32,34-36,38-42,44-46,48-49,59,62,66H,13-14,17-25,27-31H2,1-9H3/b12-10+,15-11+,33-16+,37-26+/t32-,34-,35-,36-,38-,39?,40+,41+,42-,44?,45+,46-,48-,49+,54-/m1/s1. The van der Waals surface area contributed by atoms with Gasteiger partial charge in [0, 0.05) is 51.4 Å². The third kappa shape index (κ3) is 17.5. The van der Waals surface area contributed by atoms with Crippen LogP contribution in [0.25, 0.3) is 0 Å². The molecule has 3 N–H and O–H groups in total. The van der Waals surface area contributed by atoms with Crippen molar-refractivity contribution in [2.75, 3.05) is 40.6 Å². The molecule has 0 aromatic carbocycles. The van der Waals surface area contributed by atoms with E-state index < -0.39 is 103 Å². The summed E-state index contributed by atoms with van der Waals surface area (Å²) < 4.78 is 72.7. The number of cyclic esters (lactones) is 1. The number of allylic oxidation sites excluding steroid dienone is 6. The number of carbonyl (C=O) groups excluding carboxylic acids is 5. The highest BCUT2D eigenvalue weighted by Gasteiger charge is 2.53. The third-order valence-corrected chi connectivity index (χ3v) is 15.0. The number of fused-ring (bicyclic) bond motifs is 3. The Balaban J connectivity index is 1.71. The van der Waals surface area contributed by atoms with E-state index in [2.05, 4.69) is 0 Å². The van der Waals surface area contributed by atoms with Crippen molar-refractivity contribution in [2.45, 2.75) is 186 Å². The first-order valence-electron chi connectivity index (χ1n) is 25.8. The molecule has 0 radical (unpaired) electrons. The predicted octanol–water partition coefficient (Wildman–Crippen LogP) is 7.13. The summed E-state index contributed by atoms with van der Waals surface area (Å²) >= 11 is 0. The highest BCUT2D eigenvalue weighted by atomic mass is 19.4. The first-order valence-corrected chi connectivity index (χ1v) is 25.8. The van der Waals surface area contributed by atoms with Gasteiger partial charge in [-0.05, 0) is 107 Å². The molecule has 0 aromatic heterocycles. The quantitative estimate of drug-likeness (QED) is 0.0863. The molecule has 2 unspecified atom stereocenters. The van der Waals surface area contributed by atoms with Crippen LogP contribution >= 0.6 is 0 Å². The topological polar surface area (TPSA) is 205 Å². The van der Waals surface area contributed by atoms with Crippen LogP contribution < -0.4 is 0 Å². The van der Waals surface area contributed by atoms with Crippen LogP contribution in [-0.4, -0.2) is 151 Å². The minimum absolute atomic E-state index is 0.00526. The maximum Gasteiger partial charge on any atom is 0.411 e. The fraction of sp³-hybridized carbons (Fsp3) is 0.759. The molecule has 15 nitrogen and oxygen atoms in total. The van der Waals surface area contributed by atoms with Crippen molar-refractivity contribution >= 4 is 29.2 Å². The first kappa shape index (κ1) is 60.9. The molecule has 0 spiro atoms. The van der Waals surface area contributed by atoms with E-state index in [4.69, 9.17) is 28.4 Å². The number of methoxy groups -OCH3 is 2. The molecule has 2 saturated heterocycles. The smallest absolute Gasteiger partial charge is 0.411 e. The molecule has 3 heterocycles. The largest absolute Gasteiger partial charge is 0.460 e. The number of ketones is 3. The molecule has 2 bridgehead atoms. The number of nitrogens with zero attached hydrogens (tertiary/aromatic N) is 1. The number of esters is 1. The lowest BCUT2D eigenvalue weighted by atomic mass is 9.78. The van der Waals surface area contributed by atoms with Crippen LogP contribution in [0.15, 0.2) is 47.6 Å². The van der Waals surface area contributed by atoms with Gasteiger partial charge in [-0.25, -0.2) is 4.79 Å². The first-order chi connectivity index (χ1) is 33.9. The van der Waals surface area contributed by atoms with Crippen molar-refractivity contribution in [1.29, 1.82) is 0 Å². The van der Waals surface area contributed by atoms with Crippen molar-refractivity contribution in [3.8, 4) is 0 Å². The molecule has 18 heteroatoms. The Morgan fingerprint density at radius 3 is 2.28 bits per heavy atom. The van der Waals surface area contributed by atoms with E-state index in [1.54, 1.807) is 72.1 Å². The lowest BCUT2D eigenvalue weighted by molar-refractivity contribution is -0.266. The normalized spacial score (nSPS) is 37.9. The van der Waals surface area contributed by atoms with Gasteiger partial charge in [0.1, 0.15) is 36.7 Å². The fourth-order valence-corrected chi connectivity index (χ4v) is 10.5. The summed E-state index contributed by atoms with van der Waals surface area (Å²) in [6.07, 6.45) is 4.09. The summed E-state index contributed by atoms with van der Waals surface area (Å²) in [4.78, 5) is 72.2. The van der Waals surface area contributed by atoms with Crippen LogP contribution in [0.1, 0.15) is 126 Å². The average molecular weight is 1030 g/mol. The second-order valence-electron chi connectivity index (χ2n) is 20.9. The molecule has 15 atom stereocenters. The maximum absolute atomic E-state index is 14.4. The average Bonchev–Trinajstić information content (AvgIpc) is 3.33. The van der Waals surface area contributed by atoms with Crippen LogP contribution in [0.3, 0.4) is 0 Å². The molecule has 1 aliphatic carbocycles. The van der Waals surface area contributed by atoms with E-state index in [1.165, 1.54) is 7.11 Å². The summed E-state index contributed by atoms with van der Waals surface area (Å²) in [7, 11) is 2.88. The zero-order chi connectivity index (χ0) is 53.5. The van der Waals surface area contributed by atoms with Crippen LogP contribution in [0.2, 0.25) is 0 Å². The molecule has 0 aromatic rings. The molecule has 72 heavy (non-hydrogen) atoms. The molecule has 4 rings (SSSR count). The third-order valence-electron chi connectivity index (χ3n) is 15.0. The van der Waals surface area contributed by atoms with Crippen molar-refractivity contribution in [3.05, 3.63) is 47.6 Å². The number of ether oxygens (including phenoxy) is 6. The fourth-order valence-electron chi connectivity index (χ4n) is 10.5. The number of Topliss-reactive ketones (excluding diaryl/α,β-unsaturated/α-hetero) is 3. The Bertz CT molecular complexity index is 1940. The van der Waals surface area contributed by atoms with Gasteiger partial charge in [-0.2, -0.15) is 13.2 Å². The maximum atomic E-state index is 14.4. The molecule has 408 valence electrons. The second-order valence-corrected chi connectivity index (χ2v) is 20.9. The zero-order valence-electron chi connectivity index (χ0n) is 43.8. The van der Waals surface area contributed by atoms with Gasteiger partial charge in [0.2, 0.25) is 5.79 Å². The highest BCUT2D eigenvalue weighted by molar-refractivity contribution is 6.39. The second kappa shape index (κ2) is 28.3. The van der Waals surface area contributed by atoms with Crippen molar-refractivity contribution < 1.29 is 80.9 Å². The number of piperidine rings is 1. The highest BCUT2D eigenvalue weighted by Crippen LogP contribution is 2.38. The van der Waals surface area contributed by atoms with E-state index in [0.717, 1.165) is 4.90 Å². The molecule has 1 saturated carbocycles. The molecule has 3 aliphatic heterocycles. The Morgan fingerprint density at radius 1 is 0.875 bits per heavy atom. The number of aliphatic hydroxyl groups excluding tert-OH is 2. The van der Waals surface area contributed by atoms with E-state index in [9.17, 15) is 52.5 Å². The number of alkyl halides is 3. The molecule has 4 aliphatic rings. The van der Waals surface area contributed by atoms with Gasteiger partial charge < -0.3 is 48.6 Å². The number of hydrogen-bond acceptors (Lipinski definition) is 14. The minimum atomic E-state index is -4.53. The van der Waals surface area contributed by atoms with E-state index >= 15 is 0 Å². The zero-order valence-corrected chi connectivity index (χ0v) is 43.8. The van der Waals surface area contributed by atoms with Crippen molar-refractivity contribution in [2.24, 2.45) is 35.5 Å². The van der Waals surface area contributed by atoms with Crippen molar-refractivity contribution in [3.63, 3.8) is 0 Å². The summed E-state index contributed by atoms with van der Waals surface area (Å²) in [5.74, 6) is -8.98. The lowest BCUT2D eigenvalue weighted by Gasteiger charge is -2.43. The molecular formula is C54H82F3NO14. The van der Waals surface area contributed by atoms with Gasteiger partial charge in [0.15, 0.2) is 5.78 Å². The molecule has 1 amide bonds. The summed E-state index contributed by atoms with van der Waals surface area (Å²) in [6, 6.07) is -1.23. The van der Waals surface area contributed by atoms with Gasteiger partial charge in [-0.15, -0.1) is 0 Å². The Hall–Kier alpha value is -3.62. The van der Waals surface area contributed by atoms with Gasteiger partial charge >= 0.3 is 12.1 Å². The minimum Gasteiger partial charge on any atom is -0.460 e. The van der Waals surface area contributed by atoms with Crippen LogP contribution in [0.5, 0.6) is 0 Å². The van der Waals surface area contributed by atoms with Crippen LogP contribution in [0.4, 0.5) is 13.2 Å². The summed E-state index contributed by atoms with van der Waals surface area (Å²) in [5.41, 5.74) is 0.984. The Morgan fingerprint density at radius 2 is 1.60 bits per heavy atom. The Labute approximate surface area is 423 Å². The predicted molar refractivity (Wildman–Crippen MR) is 261 cm³/mol. The van der Waals surface area contributed by atoms with Gasteiger partial charge in [0.25, 0.3) is 11.7 Å². The number of aliphatic hydroxyl groups is 3. The lowest BCUT2D eigenvalue weighted by Crippen LogP contribution is -2.61. The monoisotopic (exact) mass is 1030 g/mol. The summed E-state index contributed by atoms with van der Waals surface area (Å²) in [6.45, 7) is 10.2. The van der Waals surface area contributed by atoms with Crippen molar-refractivity contribution in [1.82, 2.24) is 4.90 Å². The van der Waals surface area contributed by atoms with Gasteiger partial charge in [-0.1, -0.05) is 71.1 Å². The number of rotatable bonds is 10. The van der Waals surface area contributed by atoms with E-state index in [-0.39, 0.29) is 74.9 Å².